The van der Waals surface area contributed by atoms with E-state index in [1.54, 1.807) is 0 Å². The Morgan fingerprint density at radius 2 is 1.95 bits per heavy atom. The van der Waals surface area contributed by atoms with Crippen LogP contribution >= 0.6 is 0 Å². The molecule has 0 amide bonds. The molecule has 1 aromatic heterocycles. The molecule has 1 aromatic carbocycles. The number of anilines is 2. The van der Waals surface area contributed by atoms with Crippen molar-refractivity contribution in [3.8, 4) is 0 Å². The Hall–Kier alpha value is -1.87. The van der Waals surface area contributed by atoms with Crippen LogP contribution < -0.4 is 10.6 Å². The number of aromatic nitrogens is 1. The van der Waals surface area contributed by atoms with E-state index in [-0.39, 0.29) is 0 Å². The van der Waals surface area contributed by atoms with Gasteiger partial charge in [0.15, 0.2) is 0 Å². The molecule has 3 heteroatoms. The predicted molar refractivity (Wildman–Crippen MR) is 78.6 cm³/mol. The molecular weight excluding hydrogens is 234 g/mol. The number of nitrogens with one attached hydrogen (secondary N) is 2. The molecule has 3 rings (SSSR count). The van der Waals surface area contributed by atoms with Crippen molar-refractivity contribution in [2.45, 2.75) is 25.3 Å². The Morgan fingerprint density at radius 3 is 2.74 bits per heavy atom. The van der Waals surface area contributed by atoms with Crippen molar-refractivity contribution in [3.05, 3.63) is 54.2 Å². The monoisotopic (exact) mass is 253 g/mol. The average molecular weight is 253 g/mol. The fourth-order valence-electron chi connectivity index (χ4n) is 2.58. The molecule has 19 heavy (non-hydrogen) atoms. The van der Waals surface area contributed by atoms with E-state index in [2.05, 4.69) is 33.8 Å². The topological polar surface area (TPSA) is 37.0 Å². The van der Waals surface area contributed by atoms with Crippen LogP contribution in [-0.2, 0) is 0 Å². The molecule has 2 N–H and O–H groups in total. The van der Waals surface area contributed by atoms with Crippen LogP contribution in [0.5, 0.6) is 0 Å². The van der Waals surface area contributed by atoms with Crippen LogP contribution in [0.2, 0.25) is 0 Å². The van der Waals surface area contributed by atoms with E-state index < -0.39 is 0 Å². The molecule has 98 valence electrons. The first-order valence-electron chi connectivity index (χ1n) is 6.94. The number of nitrogens with zero attached hydrogens (tertiary/aromatic N) is 1. The summed E-state index contributed by atoms with van der Waals surface area (Å²) < 4.78 is 0. The SMILES string of the molecule is c1ccc(Nc2ncccc2C2CCCCN2)cc1. The van der Waals surface area contributed by atoms with Gasteiger partial charge in [-0.2, -0.15) is 0 Å². The van der Waals surface area contributed by atoms with E-state index in [4.69, 9.17) is 0 Å². The summed E-state index contributed by atoms with van der Waals surface area (Å²) in [5, 5.41) is 7.00. The highest BCUT2D eigenvalue weighted by Crippen LogP contribution is 2.29. The summed E-state index contributed by atoms with van der Waals surface area (Å²) in [6, 6.07) is 14.8. The number of hydrogen-bond acceptors (Lipinski definition) is 3. The molecule has 1 aliphatic heterocycles. The van der Waals surface area contributed by atoms with Gasteiger partial charge in [-0.05, 0) is 37.6 Å². The second-order valence-electron chi connectivity index (χ2n) is 4.93. The molecule has 1 aliphatic rings. The standard InChI is InChI=1S/C16H19N3/c1-2-7-13(8-3-1)19-16-14(9-6-12-18-16)15-10-4-5-11-17-15/h1-3,6-9,12,15,17H,4-5,10-11H2,(H,18,19). The van der Waals surface area contributed by atoms with Crippen molar-refractivity contribution in [1.82, 2.24) is 10.3 Å². The third kappa shape index (κ3) is 2.93. The number of hydrogen-bond donors (Lipinski definition) is 2. The maximum Gasteiger partial charge on any atom is 0.135 e. The maximum absolute atomic E-state index is 4.50. The molecule has 0 saturated carbocycles. The molecule has 0 aliphatic carbocycles. The molecule has 1 saturated heterocycles. The molecule has 0 spiro atoms. The lowest BCUT2D eigenvalue weighted by Crippen LogP contribution is -2.27. The van der Waals surface area contributed by atoms with Gasteiger partial charge < -0.3 is 10.6 Å². The van der Waals surface area contributed by atoms with Crippen molar-refractivity contribution >= 4 is 11.5 Å². The van der Waals surface area contributed by atoms with Crippen molar-refractivity contribution in [2.24, 2.45) is 0 Å². The van der Waals surface area contributed by atoms with Crippen LogP contribution in [0.4, 0.5) is 11.5 Å². The summed E-state index contributed by atoms with van der Waals surface area (Å²) >= 11 is 0. The van der Waals surface area contributed by atoms with E-state index in [9.17, 15) is 0 Å². The van der Waals surface area contributed by atoms with E-state index in [1.807, 2.05) is 30.5 Å². The Kier molecular flexibility index (Phi) is 3.75. The number of rotatable bonds is 3. The van der Waals surface area contributed by atoms with Gasteiger partial charge in [0.1, 0.15) is 5.82 Å². The lowest BCUT2D eigenvalue weighted by molar-refractivity contribution is 0.412. The fourth-order valence-corrected chi connectivity index (χ4v) is 2.58. The highest BCUT2D eigenvalue weighted by molar-refractivity contribution is 5.59. The van der Waals surface area contributed by atoms with Crippen molar-refractivity contribution in [1.29, 1.82) is 0 Å². The van der Waals surface area contributed by atoms with Crippen molar-refractivity contribution in [2.75, 3.05) is 11.9 Å². The molecule has 1 atom stereocenters. The quantitative estimate of drug-likeness (QED) is 0.877. The number of piperidine rings is 1. The fraction of sp³-hybridized carbons (Fsp3) is 0.312. The highest BCUT2D eigenvalue weighted by Gasteiger charge is 2.18. The molecule has 2 aromatic rings. The zero-order chi connectivity index (χ0) is 12.9. The van der Waals surface area contributed by atoms with Crippen LogP contribution in [0.3, 0.4) is 0 Å². The number of benzene rings is 1. The third-order valence-electron chi connectivity index (χ3n) is 3.56. The Bertz CT molecular complexity index is 519. The van der Waals surface area contributed by atoms with Gasteiger partial charge in [0, 0.05) is 23.5 Å². The van der Waals surface area contributed by atoms with Crippen LogP contribution in [-0.4, -0.2) is 11.5 Å². The van der Waals surface area contributed by atoms with Gasteiger partial charge in [-0.15, -0.1) is 0 Å². The summed E-state index contributed by atoms with van der Waals surface area (Å²) in [4.78, 5) is 4.50. The number of para-hydroxylation sites is 1. The Morgan fingerprint density at radius 1 is 1.05 bits per heavy atom. The van der Waals surface area contributed by atoms with Gasteiger partial charge in [-0.3, -0.25) is 0 Å². The summed E-state index contributed by atoms with van der Waals surface area (Å²) in [6.07, 6.45) is 5.60. The van der Waals surface area contributed by atoms with Gasteiger partial charge in [0.05, 0.1) is 0 Å². The molecule has 2 heterocycles. The zero-order valence-electron chi connectivity index (χ0n) is 11.0. The third-order valence-corrected chi connectivity index (χ3v) is 3.56. The van der Waals surface area contributed by atoms with Gasteiger partial charge >= 0.3 is 0 Å². The van der Waals surface area contributed by atoms with Crippen LogP contribution in [0.15, 0.2) is 48.7 Å². The highest BCUT2D eigenvalue weighted by atomic mass is 15.0. The largest absolute Gasteiger partial charge is 0.340 e. The Balaban J connectivity index is 1.84. The lowest BCUT2D eigenvalue weighted by atomic mass is 9.98. The molecule has 1 fully saturated rings. The summed E-state index contributed by atoms with van der Waals surface area (Å²) in [7, 11) is 0. The second-order valence-corrected chi connectivity index (χ2v) is 4.93. The molecule has 0 bridgehead atoms. The van der Waals surface area contributed by atoms with Crippen LogP contribution in [0.1, 0.15) is 30.9 Å². The summed E-state index contributed by atoms with van der Waals surface area (Å²) in [5.41, 5.74) is 2.35. The summed E-state index contributed by atoms with van der Waals surface area (Å²) in [5.74, 6) is 0.966. The number of pyridine rings is 1. The molecule has 1 unspecified atom stereocenters. The first kappa shape index (κ1) is 12.2. The van der Waals surface area contributed by atoms with E-state index >= 15 is 0 Å². The van der Waals surface area contributed by atoms with E-state index in [1.165, 1.54) is 24.8 Å². The van der Waals surface area contributed by atoms with Crippen molar-refractivity contribution in [3.63, 3.8) is 0 Å². The molecule has 0 radical (unpaired) electrons. The van der Waals surface area contributed by atoms with Gasteiger partial charge in [0.25, 0.3) is 0 Å². The average Bonchev–Trinajstić information content (AvgIpc) is 2.50. The minimum absolute atomic E-state index is 0.425. The molecular formula is C16H19N3. The van der Waals surface area contributed by atoms with Gasteiger partial charge in [-0.25, -0.2) is 4.98 Å². The van der Waals surface area contributed by atoms with Crippen LogP contribution in [0.25, 0.3) is 0 Å². The second kappa shape index (κ2) is 5.85. The summed E-state index contributed by atoms with van der Waals surface area (Å²) in [6.45, 7) is 1.10. The lowest BCUT2D eigenvalue weighted by Gasteiger charge is -2.25. The van der Waals surface area contributed by atoms with Gasteiger partial charge in [0.2, 0.25) is 0 Å². The van der Waals surface area contributed by atoms with Crippen LogP contribution in [0, 0.1) is 0 Å². The minimum Gasteiger partial charge on any atom is -0.340 e. The van der Waals surface area contributed by atoms with E-state index in [0.29, 0.717) is 6.04 Å². The maximum atomic E-state index is 4.50. The van der Waals surface area contributed by atoms with E-state index in [0.717, 1.165) is 18.1 Å². The normalized spacial score (nSPS) is 19.1. The Labute approximate surface area is 114 Å². The first-order chi connectivity index (χ1) is 9.43. The van der Waals surface area contributed by atoms with Gasteiger partial charge in [-0.1, -0.05) is 30.7 Å². The molecule has 3 nitrogen and oxygen atoms in total. The predicted octanol–water partition coefficient (Wildman–Crippen LogP) is 3.64. The van der Waals surface area contributed by atoms with Crippen molar-refractivity contribution < 1.29 is 0 Å². The zero-order valence-corrected chi connectivity index (χ0v) is 11.0. The smallest absolute Gasteiger partial charge is 0.135 e. The first-order valence-corrected chi connectivity index (χ1v) is 6.94. The minimum atomic E-state index is 0.425.